The van der Waals surface area contributed by atoms with Crippen molar-refractivity contribution in [2.75, 3.05) is 6.54 Å². The second-order valence-corrected chi connectivity index (χ2v) is 5.42. The van der Waals surface area contributed by atoms with E-state index < -0.39 is 0 Å². The van der Waals surface area contributed by atoms with Crippen LogP contribution in [0.2, 0.25) is 10.0 Å². The molecule has 0 aliphatic rings. The van der Waals surface area contributed by atoms with Crippen LogP contribution >= 0.6 is 23.2 Å². The molecule has 2 rings (SSSR count). The van der Waals surface area contributed by atoms with Crippen LogP contribution in [-0.2, 0) is 6.42 Å². The normalized spacial score (nSPS) is 12.4. The number of hydrogen-bond donors (Lipinski definition) is 1. The van der Waals surface area contributed by atoms with Gasteiger partial charge in [0.15, 0.2) is 0 Å². The number of hydrogen-bond acceptors (Lipinski definition) is 1. The largest absolute Gasteiger partial charge is 0.310 e. The van der Waals surface area contributed by atoms with E-state index in [4.69, 9.17) is 23.2 Å². The molecule has 0 heterocycles. The molecular formula is C16H16Cl2FN. The predicted molar refractivity (Wildman–Crippen MR) is 83.0 cm³/mol. The van der Waals surface area contributed by atoms with Crippen LogP contribution in [0.1, 0.15) is 24.1 Å². The molecule has 0 spiro atoms. The van der Waals surface area contributed by atoms with Crippen LogP contribution in [0.3, 0.4) is 0 Å². The number of benzene rings is 2. The smallest absolute Gasteiger partial charge is 0.145 e. The Morgan fingerprint density at radius 2 is 1.80 bits per heavy atom. The summed E-state index contributed by atoms with van der Waals surface area (Å²) in [7, 11) is 0. The molecule has 2 aromatic carbocycles. The summed E-state index contributed by atoms with van der Waals surface area (Å²) in [5, 5.41) is 4.21. The topological polar surface area (TPSA) is 12.0 Å². The molecule has 2 aromatic rings. The molecule has 106 valence electrons. The van der Waals surface area contributed by atoms with Crippen molar-refractivity contribution in [2.45, 2.75) is 19.4 Å². The van der Waals surface area contributed by atoms with Crippen molar-refractivity contribution in [3.8, 4) is 0 Å². The van der Waals surface area contributed by atoms with Gasteiger partial charge in [0.25, 0.3) is 0 Å². The zero-order valence-corrected chi connectivity index (χ0v) is 12.7. The Balaban J connectivity index is 2.25. The van der Waals surface area contributed by atoms with E-state index in [1.165, 1.54) is 0 Å². The summed E-state index contributed by atoms with van der Waals surface area (Å²) >= 11 is 11.7. The molecule has 0 aliphatic heterocycles. The van der Waals surface area contributed by atoms with E-state index in [9.17, 15) is 4.39 Å². The first-order valence-electron chi connectivity index (χ1n) is 6.53. The minimum absolute atomic E-state index is 0.0326. The number of likely N-dealkylation sites (N-methyl/N-ethyl adjacent to an activating group) is 1. The van der Waals surface area contributed by atoms with Gasteiger partial charge in [0, 0.05) is 11.1 Å². The second-order valence-electron chi connectivity index (χ2n) is 4.58. The van der Waals surface area contributed by atoms with Crippen molar-refractivity contribution in [2.24, 2.45) is 0 Å². The van der Waals surface area contributed by atoms with Crippen LogP contribution in [-0.4, -0.2) is 6.54 Å². The van der Waals surface area contributed by atoms with Gasteiger partial charge in [0.1, 0.15) is 5.82 Å². The molecule has 1 N–H and O–H groups in total. The maximum Gasteiger partial charge on any atom is 0.145 e. The number of halogens is 3. The lowest BCUT2D eigenvalue weighted by atomic mass is 9.98. The molecule has 0 saturated carbocycles. The van der Waals surface area contributed by atoms with Crippen molar-refractivity contribution in [3.63, 3.8) is 0 Å². The summed E-state index contributed by atoms with van der Waals surface area (Å²) in [5.41, 5.74) is 1.69. The predicted octanol–water partition coefficient (Wildman–Crippen LogP) is 5.03. The van der Waals surface area contributed by atoms with Gasteiger partial charge in [-0.25, -0.2) is 4.39 Å². The molecule has 0 fully saturated rings. The third-order valence-electron chi connectivity index (χ3n) is 3.18. The molecule has 1 atom stereocenters. The molecule has 1 unspecified atom stereocenters. The highest BCUT2D eigenvalue weighted by Gasteiger charge is 2.15. The molecule has 0 amide bonds. The standard InChI is InChI=1S/C16H16Cl2FN/c1-2-20-15(11-6-8-13(17)9-7-11)10-12-4-3-5-14(18)16(12)19/h3-9,15,20H,2,10H2,1H3. The summed E-state index contributed by atoms with van der Waals surface area (Å²) in [4.78, 5) is 0. The Labute approximate surface area is 128 Å². The molecular weight excluding hydrogens is 296 g/mol. The SMILES string of the molecule is CCNC(Cc1cccc(Cl)c1F)c1ccc(Cl)cc1. The maximum atomic E-state index is 14.0. The van der Waals surface area contributed by atoms with Gasteiger partial charge in [0.05, 0.1) is 5.02 Å². The van der Waals surface area contributed by atoms with Crippen LogP contribution < -0.4 is 5.32 Å². The van der Waals surface area contributed by atoms with E-state index in [-0.39, 0.29) is 16.9 Å². The average Bonchev–Trinajstić information content (AvgIpc) is 2.44. The zero-order chi connectivity index (χ0) is 14.5. The molecule has 0 aromatic heterocycles. The summed E-state index contributed by atoms with van der Waals surface area (Å²) < 4.78 is 14.0. The number of nitrogens with one attached hydrogen (secondary N) is 1. The van der Waals surface area contributed by atoms with Gasteiger partial charge in [-0.2, -0.15) is 0 Å². The van der Waals surface area contributed by atoms with Gasteiger partial charge in [0.2, 0.25) is 0 Å². The van der Waals surface area contributed by atoms with Crippen molar-refractivity contribution in [3.05, 3.63) is 69.5 Å². The maximum absolute atomic E-state index is 14.0. The molecule has 1 nitrogen and oxygen atoms in total. The summed E-state index contributed by atoms with van der Waals surface area (Å²) in [6, 6.07) is 12.7. The lowest BCUT2D eigenvalue weighted by Gasteiger charge is -2.19. The fourth-order valence-corrected chi connectivity index (χ4v) is 2.50. The molecule has 20 heavy (non-hydrogen) atoms. The van der Waals surface area contributed by atoms with Crippen LogP contribution in [0, 0.1) is 5.82 Å². The number of rotatable bonds is 5. The monoisotopic (exact) mass is 311 g/mol. The van der Waals surface area contributed by atoms with Crippen LogP contribution in [0.5, 0.6) is 0 Å². The molecule has 4 heteroatoms. The van der Waals surface area contributed by atoms with Crippen LogP contribution in [0.15, 0.2) is 42.5 Å². The van der Waals surface area contributed by atoms with Crippen LogP contribution in [0.25, 0.3) is 0 Å². The van der Waals surface area contributed by atoms with Crippen molar-refractivity contribution >= 4 is 23.2 Å². The second kappa shape index (κ2) is 7.07. The minimum atomic E-state index is -0.342. The third kappa shape index (κ3) is 3.72. The lowest BCUT2D eigenvalue weighted by molar-refractivity contribution is 0.528. The Kier molecular flexibility index (Phi) is 5.41. The van der Waals surface area contributed by atoms with Gasteiger partial charge in [-0.15, -0.1) is 0 Å². The highest BCUT2D eigenvalue weighted by Crippen LogP contribution is 2.24. The molecule has 0 saturated heterocycles. The summed E-state index contributed by atoms with van der Waals surface area (Å²) in [5.74, 6) is -0.342. The van der Waals surface area contributed by atoms with E-state index in [2.05, 4.69) is 5.32 Å². The fourth-order valence-electron chi connectivity index (χ4n) is 2.18. The first-order valence-corrected chi connectivity index (χ1v) is 7.29. The Morgan fingerprint density at radius 1 is 1.10 bits per heavy atom. The van der Waals surface area contributed by atoms with E-state index in [1.807, 2.05) is 31.2 Å². The van der Waals surface area contributed by atoms with Crippen molar-refractivity contribution < 1.29 is 4.39 Å². The van der Waals surface area contributed by atoms with Crippen molar-refractivity contribution in [1.82, 2.24) is 5.32 Å². The zero-order valence-electron chi connectivity index (χ0n) is 11.2. The Morgan fingerprint density at radius 3 is 2.45 bits per heavy atom. The fraction of sp³-hybridized carbons (Fsp3) is 0.250. The quantitative estimate of drug-likeness (QED) is 0.817. The Hall–Kier alpha value is -1.09. The highest BCUT2D eigenvalue weighted by atomic mass is 35.5. The van der Waals surface area contributed by atoms with Gasteiger partial charge in [-0.05, 0) is 42.3 Å². The van der Waals surface area contributed by atoms with Gasteiger partial charge < -0.3 is 5.32 Å². The van der Waals surface area contributed by atoms with Crippen LogP contribution in [0.4, 0.5) is 4.39 Å². The minimum Gasteiger partial charge on any atom is -0.310 e. The van der Waals surface area contributed by atoms with E-state index in [0.29, 0.717) is 17.0 Å². The molecule has 0 radical (unpaired) electrons. The summed E-state index contributed by atoms with van der Waals surface area (Å²) in [6.45, 7) is 2.83. The average molecular weight is 312 g/mol. The van der Waals surface area contributed by atoms with Gasteiger partial charge >= 0.3 is 0 Å². The third-order valence-corrected chi connectivity index (χ3v) is 3.72. The van der Waals surface area contributed by atoms with E-state index in [0.717, 1.165) is 12.1 Å². The molecule has 0 bridgehead atoms. The lowest BCUT2D eigenvalue weighted by Crippen LogP contribution is -2.23. The summed E-state index contributed by atoms with van der Waals surface area (Å²) in [6.07, 6.45) is 0.544. The van der Waals surface area contributed by atoms with Gasteiger partial charge in [-0.3, -0.25) is 0 Å². The Bertz CT molecular complexity index is 569. The molecule has 0 aliphatic carbocycles. The highest BCUT2D eigenvalue weighted by molar-refractivity contribution is 6.31. The van der Waals surface area contributed by atoms with E-state index >= 15 is 0 Å². The first-order chi connectivity index (χ1) is 9.61. The first kappa shape index (κ1) is 15.3. The van der Waals surface area contributed by atoms with Gasteiger partial charge in [-0.1, -0.05) is 54.4 Å². The van der Waals surface area contributed by atoms with Crippen molar-refractivity contribution in [1.29, 1.82) is 0 Å². The van der Waals surface area contributed by atoms with E-state index in [1.54, 1.807) is 18.2 Å².